The molecule has 3 nitrogen and oxygen atoms in total. The Morgan fingerprint density at radius 1 is 1.37 bits per heavy atom. The number of hydrogen-bond donors (Lipinski definition) is 1. The van der Waals surface area contributed by atoms with E-state index >= 15 is 0 Å². The molecule has 0 spiro atoms. The van der Waals surface area contributed by atoms with Gasteiger partial charge in [-0.05, 0) is 37.6 Å². The van der Waals surface area contributed by atoms with Gasteiger partial charge in [0.2, 0.25) is 0 Å². The molecule has 0 aliphatic heterocycles. The van der Waals surface area contributed by atoms with E-state index in [9.17, 15) is 4.39 Å². The van der Waals surface area contributed by atoms with E-state index in [0.29, 0.717) is 29.2 Å². The summed E-state index contributed by atoms with van der Waals surface area (Å²) in [6, 6.07) is 10.3. The third kappa shape index (κ3) is 2.55. The Kier molecular flexibility index (Phi) is 3.76. The lowest BCUT2D eigenvalue weighted by Gasteiger charge is -2.11. The number of hydrogen-bond acceptors (Lipinski definition) is 3. The molecule has 1 N–H and O–H groups in total. The van der Waals surface area contributed by atoms with Crippen molar-refractivity contribution in [3.05, 3.63) is 47.3 Å². The first-order valence-electron chi connectivity index (χ1n) is 6.08. The van der Waals surface area contributed by atoms with Crippen LogP contribution in [0.4, 0.5) is 10.2 Å². The van der Waals surface area contributed by atoms with Crippen LogP contribution >= 0.6 is 0 Å². The first kappa shape index (κ1) is 13.0. The zero-order chi connectivity index (χ0) is 13.8. The number of nitrogens with zero attached hydrogens (tertiary/aromatic N) is 2. The molecule has 96 valence electrons. The van der Waals surface area contributed by atoms with Gasteiger partial charge in [0.15, 0.2) is 0 Å². The lowest BCUT2D eigenvalue weighted by Crippen LogP contribution is -2.04. The van der Waals surface area contributed by atoms with Gasteiger partial charge in [-0.3, -0.25) is 0 Å². The van der Waals surface area contributed by atoms with Gasteiger partial charge in [0.1, 0.15) is 17.7 Å². The van der Waals surface area contributed by atoms with E-state index in [0.717, 1.165) is 5.56 Å². The molecule has 0 aliphatic rings. The predicted molar refractivity (Wildman–Crippen MR) is 73.2 cm³/mol. The zero-order valence-corrected chi connectivity index (χ0v) is 10.9. The Balaban J connectivity index is 2.62. The number of nitrogens with one attached hydrogen (secondary N) is 1. The summed E-state index contributed by atoms with van der Waals surface area (Å²) in [4.78, 5) is 4.39. The highest BCUT2D eigenvalue weighted by Gasteiger charge is 2.13. The molecule has 1 aromatic heterocycles. The highest BCUT2D eigenvalue weighted by atomic mass is 19.1. The van der Waals surface area contributed by atoms with Crippen LogP contribution in [-0.2, 0) is 0 Å². The highest BCUT2D eigenvalue weighted by Crippen LogP contribution is 2.27. The van der Waals surface area contributed by atoms with Gasteiger partial charge in [0, 0.05) is 12.1 Å². The fraction of sp³-hybridized carbons (Fsp3) is 0.200. The van der Waals surface area contributed by atoms with Gasteiger partial charge in [-0.1, -0.05) is 12.1 Å². The van der Waals surface area contributed by atoms with Crippen LogP contribution in [0.1, 0.15) is 18.1 Å². The molecule has 4 heteroatoms. The standard InChI is InChI=1S/C15H14FN3/c1-3-18-15-11(9-17)8-10(2)14(19-15)12-6-4-5-7-13(12)16/h4-8H,3H2,1-2H3,(H,18,19). The number of nitriles is 1. The van der Waals surface area contributed by atoms with Crippen LogP contribution in [0.2, 0.25) is 0 Å². The van der Waals surface area contributed by atoms with Crippen molar-refractivity contribution in [2.75, 3.05) is 11.9 Å². The second-order valence-electron chi connectivity index (χ2n) is 4.17. The van der Waals surface area contributed by atoms with E-state index in [2.05, 4.69) is 16.4 Å². The van der Waals surface area contributed by atoms with Gasteiger partial charge in [-0.2, -0.15) is 5.26 Å². The molecule has 0 saturated heterocycles. The maximum atomic E-state index is 13.8. The Hall–Kier alpha value is -2.41. The van der Waals surface area contributed by atoms with Crippen LogP contribution < -0.4 is 5.32 Å². The molecule has 0 saturated carbocycles. The van der Waals surface area contributed by atoms with Crippen molar-refractivity contribution in [2.24, 2.45) is 0 Å². The molecule has 0 aliphatic carbocycles. The summed E-state index contributed by atoms with van der Waals surface area (Å²) in [5.74, 6) is 0.180. The summed E-state index contributed by atoms with van der Waals surface area (Å²) < 4.78 is 13.8. The van der Waals surface area contributed by atoms with Crippen molar-refractivity contribution in [1.29, 1.82) is 5.26 Å². The molecule has 0 bridgehead atoms. The van der Waals surface area contributed by atoms with Crippen molar-refractivity contribution < 1.29 is 4.39 Å². The summed E-state index contributed by atoms with van der Waals surface area (Å²) in [6.07, 6.45) is 0. The first-order valence-corrected chi connectivity index (χ1v) is 6.08. The quantitative estimate of drug-likeness (QED) is 0.913. The summed E-state index contributed by atoms with van der Waals surface area (Å²) in [5, 5.41) is 12.1. The Labute approximate surface area is 111 Å². The number of benzene rings is 1. The van der Waals surface area contributed by atoms with E-state index in [1.807, 2.05) is 13.8 Å². The van der Waals surface area contributed by atoms with Crippen LogP contribution in [-0.4, -0.2) is 11.5 Å². The third-order valence-corrected chi connectivity index (χ3v) is 2.81. The van der Waals surface area contributed by atoms with Crippen LogP contribution in [0.3, 0.4) is 0 Å². The smallest absolute Gasteiger partial charge is 0.144 e. The minimum atomic E-state index is -0.315. The molecule has 0 atom stereocenters. The summed E-state index contributed by atoms with van der Waals surface area (Å²) in [7, 11) is 0. The van der Waals surface area contributed by atoms with E-state index in [-0.39, 0.29) is 5.82 Å². The van der Waals surface area contributed by atoms with Crippen molar-refractivity contribution >= 4 is 5.82 Å². The molecule has 0 unspecified atom stereocenters. The third-order valence-electron chi connectivity index (χ3n) is 2.81. The fourth-order valence-electron chi connectivity index (χ4n) is 1.93. The lowest BCUT2D eigenvalue weighted by atomic mass is 10.0. The predicted octanol–water partition coefficient (Wildman–Crippen LogP) is 3.50. The first-order chi connectivity index (χ1) is 9.17. The molecule has 2 aromatic rings. The molecular formula is C15H14FN3. The summed E-state index contributed by atoms with van der Waals surface area (Å²) in [6.45, 7) is 4.40. The largest absolute Gasteiger partial charge is 0.369 e. The van der Waals surface area contributed by atoms with Crippen LogP contribution in [0.15, 0.2) is 30.3 Å². The molecule has 1 heterocycles. The Morgan fingerprint density at radius 3 is 2.74 bits per heavy atom. The molecular weight excluding hydrogens is 241 g/mol. The lowest BCUT2D eigenvalue weighted by molar-refractivity contribution is 0.630. The van der Waals surface area contributed by atoms with Gasteiger partial charge in [-0.25, -0.2) is 9.37 Å². The monoisotopic (exact) mass is 255 g/mol. The number of halogens is 1. The van der Waals surface area contributed by atoms with Crippen LogP contribution in [0, 0.1) is 24.1 Å². The Morgan fingerprint density at radius 2 is 2.11 bits per heavy atom. The van der Waals surface area contributed by atoms with E-state index in [4.69, 9.17) is 5.26 Å². The van der Waals surface area contributed by atoms with E-state index < -0.39 is 0 Å². The average Bonchev–Trinajstić information content (AvgIpc) is 2.41. The molecule has 0 radical (unpaired) electrons. The Bertz CT molecular complexity index is 644. The minimum Gasteiger partial charge on any atom is -0.369 e. The van der Waals surface area contributed by atoms with Crippen LogP contribution in [0.5, 0.6) is 0 Å². The van der Waals surface area contributed by atoms with E-state index in [1.54, 1.807) is 24.3 Å². The number of rotatable bonds is 3. The van der Waals surface area contributed by atoms with Crippen molar-refractivity contribution in [3.8, 4) is 17.3 Å². The van der Waals surface area contributed by atoms with Crippen molar-refractivity contribution in [1.82, 2.24) is 4.98 Å². The average molecular weight is 255 g/mol. The summed E-state index contributed by atoms with van der Waals surface area (Å²) in [5.41, 5.74) is 2.26. The molecule has 0 fully saturated rings. The minimum absolute atomic E-state index is 0.315. The molecule has 19 heavy (non-hydrogen) atoms. The SMILES string of the molecule is CCNc1nc(-c2ccccc2F)c(C)cc1C#N. The number of pyridine rings is 1. The fourth-order valence-corrected chi connectivity index (χ4v) is 1.93. The zero-order valence-electron chi connectivity index (χ0n) is 10.9. The maximum Gasteiger partial charge on any atom is 0.144 e. The topological polar surface area (TPSA) is 48.7 Å². The van der Waals surface area contributed by atoms with E-state index in [1.165, 1.54) is 6.07 Å². The normalized spacial score (nSPS) is 10.0. The van der Waals surface area contributed by atoms with Crippen molar-refractivity contribution in [3.63, 3.8) is 0 Å². The van der Waals surface area contributed by atoms with Gasteiger partial charge in [0.05, 0.1) is 11.3 Å². The van der Waals surface area contributed by atoms with Gasteiger partial charge < -0.3 is 5.32 Å². The van der Waals surface area contributed by atoms with Gasteiger partial charge in [-0.15, -0.1) is 0 Å². The number of anilines is 1. The second kappa shape index (κ2) is 5.49. The van der Waals surface area contributed by atoms with Crippen LogP contribution in [0.25, 0.3) is 11.3 Å². The van der Waals surface area contributed by atoms with Crippen molar-refractivity contribution in [2.45, 2.75) is 13.8 Å². The second-order valence-corrected chi connectivity index (χ2v) is 4.17. The van der Waals surface area contributed by atoms with Gasteiger partial charge >= 0.3 is 0 Å². The highest BCUT2D eigenvalue weighted by molar-refractivity contribution is 5.68. The maximum absolute atomic E-state index is 13.8. The number of aromatic nitrogens is 1. The molecule has 2 rings (SSSR count). The molecule has 1 aromatic carbocycles. The molecule has 0 amide bonds. The summed E-state index contributed by atoms with van der Waals surface area (Å²) >= 11 is 0. The number of aryl methyl sites for hydroxylation is 1. The van der Waals surface area contributed by atoms with Gasteiger partial charge in [0.25, 0.3) is 0 Å².